The normalized spacial score (nSPS) is 11.1. The fraction of sp³-hybridized carbons (Fsp3) is 0.231. The average molecular weight is 285 g/mol. The lowest BCUT2D eigenvalue weighted by molar-refractivity contribution is 0.0939. The fourth-order valence-corrected chi connectivity index (χ4v) is 1.78. The van der Waals surface area contributed by atoms with E-state index in [2.05, 4.69) is 5.10 Å². The maximum Gasteiger partial charge on any atom is 0.170 e. The summed E-state index contributed by atoms with van der Waals surface area (Å²) in [6, 6.07) is 2.17. The molecule has 0 aliphatic carbocycles. The van der Waals surface area contributed by atoms with E-state index in [0.717, 1.165) is 16.8 Å². The Kier molecular flexibility index (Phi) is 3.66. The zero-order valence-electron chi connectivity index (χ0n) is 10.3. The lowest BCUT2D eigenvalue weighted by Crippen LogP contribution is -2.06. The molecular weight excluding hydrogens is 274 g/mol. The van der Waals surface area contributed by atoms with E-state index in [1.807, 2.05) is 0 Å². The van der Waals surface area contributed by atoms with E-state index in [9.17, 15) is 13.6 Å². The predicted molar refractivity (Wildman–Crippen MR) is 67.7 cm³/mol. The van der Waals surface area contributed by atoms with Gasteiger partial charge in [0, 0.05) is 12.1 Å². The lowest BCUT2D eigenvalue weighted by Gasteiger charge is -2.06. The van der Waals surface area contributed by atoms with Gasteiger partial charge in [-0.05, 0) is 12.1 Å². The van der Waals surface area contributed by atoms with E-state index in [-0.39, 0.29) is 16.7 Å². The Labute approximate surface area is 113 Å². The largest absolute Gasteiger partial charge is 0.294 e. The second-order valence-corrected chi connectivity index (χ2v) is 4.79. The molecule has 0 spiro atoms. The average Bonchev–Trinajstić information content (AvgIpc) is 2.82. The molecule has 0 saturated carbocycles. The van der Waals surface area contributed by atoms with Gasteiger partial charge in [-0.1, -0.05) is 25.4 Å². The van der Waals surface area contributed by atoms with Crippen molar-refractivity contribution in [1.82, 2.24) is 9.78 Å². The molecule has 0 aliphatic heterocycles. The van der Waals surface area contributed by atoms with Crippen LogP contribution in [0, 0.1) is 17.6 Å². The minimum Gasteiger partial charge on any atom is -0.294 e. The maximum atomic E-state index is 13.8. The summed E-state index contributed by atoms with van der Waals surface area (Å²) in [5, 5.41) is 3.60. The minimum atomic E-state index is -0.909. The molecule has 0 aliphatic rings. The Morgan fingerprint density at radius 1 is 1.37 bits per heavy atom. The number of Topliss-reactive ketones (excluding diaryl/α,β-unsaturated/α-hetero) is 1. The second-order valence-electron chi connectivity index (χ2n) is 4.38. The van der Waals surface area contributed by atoms with Crippen molar-refractivity contribution in [2.45, 2.75) is 13.8 Å². The van der Waals surface area contributed by atoms with Crippen LogP contribution in [-0.4, -0.2) is 15.6 Å². The molecule has 0 radical (unpaired) electrons. The molecule has 0 amide bonds. The number of hydrogen-bond acceptors (Lipinski definition) is 2. The van der Waals surface area contributed by atoms with Gasteiger partial charge >= 0.3 is 0 Å². The van der Waals surface area contributed by atoms with Crippen LogP contribution >= 0.6 is 11.6 Å². The molecule has 0 N–H and O–H groups in total. The van der Waals surface area contributed by atoms with Crippen molar-refractivity contribution in [2.75, 3.05) is 0 Å². The SMILES string of the molecule is CC(C)C(=O)c1cnn(-c2c(F)ccc(Cl)c2F)c1. The van der Waals surface area contributed by atoms with Gasteiger partial charge in [0.05, 0.1) is 16.8 Å². The summed E-state index contributed by atoms with van der Waals surface area (Å²) in [4.78, 5) is 11.8. The highest BCUT2D eigenvalue weighted by atomic mass is 35.5. The number of ketones is 1. The third-order valence-corrected chi connectivity index (χ3v) is 2.93. The molecule has 1 aromatic heterocycles. The number of aromatic nitrogens is 2. The second kappa shape index (κ2) is 5.09. The predicted octanol–water partition coefficient (Wildman–Crippen LogP) is 3.64. The molecule has 0 unspecified atom stereocenters. The maximum absolute atomic E-state index is 13.8. The van der Waals surface area contributed by atoms with Gasteiger partial charge in [0.15, 0.2) is 17.4 Å². The summed E-state index contributed by atoms with van der Waals surface area (Å²) in [5.41, 5.74) is -0.0934. The monoisotopic (exact) mass is 284 g/mol. The first-order valence-electron chi connectivity index (χ1n) is 5.64. The summed E-state index contributed by atoms with van der Waals surface area (Å²) in [6.07, 6.45) is 2.57. The van der Waals surface area contributed by atoms with Crippen LogP contribution < -0.4 is 0 Å². The van der Waals surface area contributed by atoms with Crippen LogP contribution in [0.3, 0.4) is 0 Å². The number of carbonyl (C=O) groups excluding carboxylic acids is 1. The number of rotatable bonds is 3. The molecule has 0 bridgehead atoms. The first-order chi connectivity index (χ1) is 8.91. The summed E-state index contributed by atoms with van der Waals surface area (Å²) in [5.74, 6) is -2.07. The van der Waals surface area contributed by atoms with Gasteiger partial charge in [0.25, 0.3) is 0 Å². The van der Waals surface area contributed by atoms with Crippen LogP contribution in [0.2, 0.25) is 5.02 Å². The zero-order chi connectivity index (χ0) is 14.2. The number of carbonyl (C=O) groups is 1. The molecule has 0 fully saturated rings. The van der Waals surface area contributed by atoms with Crippen LogP contribution in [0.25, 0.3) is 5.69 Å². The standard InChI is InChI=1S/C13H11ClF2N2O/c1-7(2)13(19)8-5-17-18(6-8)12-10(15)4-3-9(14)11(12)16/h3-7H,1-2H3. The van der Waals surface area contributed by atoms with Crippen LogP contribution in [0.1, 0.15) is 24.2 Å². The number of benzene rings is 1. The van der Waals surface area contributed by atoms with Gasteiger partial charge in [0.2, 0.25) is 0 Å². The quantitative estimate of drug-likeness (QED) is 0.637. The topological polar surface area (TPSA) is 34.9 Å². The van der Waals surface area contributed by atoms with Crippen molar-refractivity contribution in [3.8, 4) is 5.69 Å². The molecule has 0 saturated heterocycles. The van der Waals surface area contributed by atoms with Crippen molar-refractivity contribution in [3.05, 3.63) is 46.7 Å². The number of nitrogens with zero attached hydrogens (tertiary/aromatic N) is 2. The molecule has 2 rings (SSSR count). The molecule has 1 aromatic carbocycles. The van der Waals surface area contributed by atoms with Gasteiger partial charge in [-0.15, -0.1) is 0 Å². The van der Waals surface area contributed by atoms with Gasteiger partial charge in [-0.25, -0.2) is 13.5 Å². The summed E-state index contributed by atoms with van der Waals surface area (Å²) in [6.45, 7) is 3.47. The highest BCUT2D eigenvalue weighted by molar-refractivity contribution is 6.30. The first-order valence-corrected chi connectivity index (χ1v) is 6.02. The lowest BCUT2D eigenvalue weighted by atomic mass is 10.0. The molecule has 3 nitrogen and oxygen atoms in total. The Bertz CT molecular complexity index is 638. The van der Waals surface area contributed by atoms with Gasteiger partial charge in [-0.2, -0.15) is 5.10 Å². The highest BCUT2D eigenvalue weighted by Gasteiger charge is 2.18. The van der Waals surface area contributed by atoms with Crippen molar-refractivity contribution >= 4 is 17.4 Å². The fourth-order valence-electron chi connectivity index (χ4n) is 1.63. The molecule has 0 atom stereocenters. The van der Waals surface area contributed by atoms with Crippen LogP contribution in [0.4, 0.5) is 8.78 Å². The Balaban J connectivity index is 2.50. The number of halogens is 3. The molecule has 6 heteroatoms. The van der Waals surface area contributed by atoms with Crippen molar-refractivity contribution in [3.63, 3.8) is 0 Å². The first kappa shape index (κ1) is 13.7. The third kappa shape index (κ3) is 2.51. The molecule has 100 valence electrons. The van der Waals surface area contributed by atoms with Crippen molar-refractivity contribution in [1.29, 1.82) is 0 Å². The van der Waals surface area contributed by atoms with Gasteiger partial charge < -0.3 is 0 Å². The zero-order valence-corrected chi connectivity index (χ0v) is 11.1. The summed E-state index contributed by atoms with van der Waals surface area (Å²) in [7, 11) is 0. The van der Waals surface area contributed by atoms with E-state index >= 15 is 0 Å². The van der Waals surface area contributed by atoms with Crippen molar-refractivity contribution in [2.24, 2.45) is 5.92 Å². The number of hydrogen-bond donors (Lipinski definition) is 0. The van der Waals surface area contributed by atoms with E-state index in [1.54, 1.807) is 13.8 Å². The van der Waals surface area contributed by atoms with Crippen LogP contribution in [0.5, 0.6) is 0 Å². The molecule has 1 heterocycles. The molecular formula is C13H11ClF2N2O. The molecule has 19 heavy (non-hydrogen) atoms. The van der Waals surface area contributed by atoms with Crippen LogP contribution in [-0.2, 0) is 0 Å². The Morgan fingerprint density at radius 3 is 2.68 bits per heavy atom. The summed E-state index contributed by atoms with van der Waals surface area (Å²) < 4.78 is 28.4. The van der Waals surface area contributed by atoms with Crippen LogP contribution in [0.15, 0.2) is 24.5 Å². The summed E-state index contributed by atoms with van der Waals surface area (Å²) >= 11 is 5.61. The highest BCUT2D eigenvalue weighted by Crippen LogP contribution is 2.24. The third-order valence-electron chi connectivity index (χ3n) is 2.64. The van der Waals surface area contributed by atoms with Gasteiger partial charge in [-0.3, -0.25) is 4.79 Å². The van der Waals surface area contributed by atoms with E-state index in [1.165, 1.54) is 12.4 Å². The van der Waals surface area contributed by atoms with E-state index < -0.39 is 17.3 Å². The van der Waals surface area contributed by atoms with E-state index in [4.69, 9.17) is 11.6 Å². The molecule has 2 aromatic rings. The minimum absolute atomic E-state index is 0.144. The Hall–Kier alpha value is -1.75. The van der Waals surface area contributed by atoms with Crippen molar-refractivity contribution < 1.29 is 13.6 Å². The smallest absolute Gasteiger partial charge is 0.170 e. The van der Waals surface area contributed by atoms with Gasteiger partial charge in [0.1, 0.15) is 5.69 Å². The Morgan fingerprint density at radius 2 is 2.05 bits per heavy atom. The van der Waals surface area contributed by atoms with E-state index in [0.29, 0.717) is 5.56 Å².